The van der Waals surface area contributed by atoms with E-state index in [1.54, 1.807) is 37.4 Å². The van der Waals surface area contributed by atoms with Crippen LogP contribution in [0, 0.1) is 18.6 Å². The molecule has 2 aromatic heterocycles. The van der Waals surface area contributed by atoms with Crippen LogP contribution in [0.3, 0.4) is 0 Å². The number of pyridine rings is 1. The predicted molar refractivity (Wildman–Crippen MR) is 157 cm³/mol. The third kappa shape index (κ3) is 6.13. The highest BCUT2D eigenvalue weighted by atomic mass is 19.1. The number of hydrogen-bond acceptors (Lipinski definition) is 8. The minimum Gasteiger partial charge on any atom is -0.497 e. The lowest BCUT2D eigenvalue weighted by atomic mass is 9.90. The van der Waals surface area contributed by atoms with E-state index in [1.807, 2.05) is 0 Å². The molecule has 5 rings (SSSR count). The van der Waals surface area contributed by atoms with Crippen LogP contribution < -0.4 is 31.4 Å². The molecule has 4 N–H and O–H groups in total. The summed E-state index contributed by atoms with van der Waals surface area (Å²) < 4.78 is 42.1. The van der Waals surface area contributed by atoms with Gasteiger partial charge in [0.05, 0.1) is 14.2 Å². The Hall–Kier alpha value is -5.00. The zero-order valence-electron chi connectivity index (χ0n) is 24.0. The van der Waals surface area contributed by atoms with E-state index in [0.717, 1.165) is 5.56 Å². The average Bonchev–Trinajstić information content (AvgIpc) is 3.44. The molecule has 10 nitrogen and oxygen atoms in total. The van der Waals surface area contributed by atoms with Gasteiger partial charge in [-0.15, -0.1) is 0 Å². The number of methoxy groups -OCH3 is 2. The minimum absolute atomic E-state index is 0.0325. The number of nitrogens with two attached hydrogens (primary N) is 1. The Kier molecular flexibility index (Phi) is 8.56. The lowest BCUT2D eigenvalue weighted by molar-refractivity contribution is -0.124. The van der Waals surface area contributed by atoms with Gasteiger partial charge in [-0.3, -0.25) is 14.2 Å². The van der Waals surface area contributed by atoms with E-state index in [1.165, 1.54) is 43.1 Å². The molecule has 1 aliphatic heterocycles. The van der Waals surface area contributed by atoms with Gasteiger partial charge >= 0.3 is 0 Å². The summed E-state index contributed by atoms with van der Waals surface area (Å²) in [5.74, 6) is -1.35. The second kappa shape index (κ2) is 12.5. The summed E-state index contributed by atoms with van der Waals surface area (Å²) in [7, 11) is 2.85. The van der Waals surface area contributed by atoms with Crippen LogP contribution in [0.4, 0.5) is 20.4 Å². The first kappa shape index (κ1) is 29.5. The maximum absolute atomic E-state index is 15.2. The Morgan fingerprint density at radius 1 is 1.07 bits per heavy atom. The second-order valence-corrected chi connectivity index (χ2v) is 10.2. The van der Waals surface area contributed by atoms with Gasteiger partial charge in [-0.05, 0) is 54.7 Å². The van der Waals surface area contributed by atoms with Crippen LogP contribution in [-0.2, 0) is 17.8 Å². The Morgan fingerprint density at radius 2 is 1.72 bits per heavy atom. The minimum atomic E-state index is -0.841. The highest BCUT2D eigenvalue weighted by Gasteiger charge is 2.31. The van der Waals surface area contributed by atoms with E-state index in [4.69, 9.17) is 15.2 Å². The summed E-state index contributed by atoms with van der Waals surface area (Å²) >= 11 is 0. The Bertz CT molecular complexity index is 1670. The number of aromatic nitrogens is 3. The highest BCUT2D eigenvalue weighted by molar-refractivity contribution is 5.81. The Labute approximate surface area is 246 Å². The van der Waals surface area contributed by atoms with Crippen molar-refractivity contribution in [3.8, 4) is 11.5 Å². The summed E-state index contributed by atoms with van der Waals surface area (Å²) in [5, 5.41) is 5.88. The maximum Gasteiger partial charge on any atom is 0.294 e. The van der Waals surface area contributed by atoms with Crippen LogP contribution in [0.1, 0.15) is 46.5 Å². The molecule has 1 aliphatic rings. The second-order valence-electron chi connectivity index (χ2n) is 10.2. The highest BCUT2D eigenvalue weighted by Crippen LogP contribution is 2.32. The molecule has 224 valence electrons. The molecule has 0 bridgehead atoms. The number of nitrogens with one attached hydrogen (secondary N) is 2. The zero-order chi connectivity index (χ0) is 30.7. The van der Waals surface area contributed by atoms with E-state index >= 15 is 8.78 Å². The molecule has 0 aliphatic carbocycles. The number of carbonyl (C=O) groups excluding carboxylic acids is 1. The fourth-order valence-corrected chi connectivity index (χ4v) is 5.33. The Balaban J connectivity index is 1.40. The number of aryl methyl sites for hydroxylation is 2. The molecular weight excluding hydrogens is 558 g/mol. The molecule has 1 atom stereocenters. The molecule has 0 unspecified atom stereocenters. The van der Waals surface area contributed by atoms with Crippen molar-refractivity contribution in [3.63, 3.8) is 0 Å². The smallest absolute Gasteiger partial charge is 0.294 e. The van der Waals surface area contributed by atoms with Crippen LogP contribution in [-0.4, -0.2) is 41.2 Å². The zero-order valence-corrected chi connectivity index (χ0v) is 24.0. The number of nitrogens with zero attached hydrogens (tertiary/aromatic N) is 3. The topological polar surface area (TPSA) is 133 Å². The van der Waals surface area contributed by atoms with Gasteiger partial charge in [0.2, 0.25) is 5.91 Å². The first-order chi connectivity index (χ1) is 20.7. The number of nitrogen functional groups attached to an aromatic ring is 1. The van der Waals surface area contributed by atoms with E-state index in [9.17, 15) is 9.59 Å². The maximum atomic E-state index is 15.2. The monoisotopic (exact) mass is 590 g/mol. The molecule has 1 amide bonds. The third-order valence-corrected chi connectivity index (χ3v) is 7.67. The molecule has 0 spiro atoms. The number of halogens is 2. The van der Waals surface area contributed by atoms with E-state index in [2.05, 4.69) is 20.6 Å². The standard InChI is InChI=1S/C31H32F2N6O4/c1-17-18(4-11-28(34)38-17)14-37-30(40)27-10-5-19-15-35-29(31(41)39(19)27)36-16-24(22-8-6-20(42-2)12-25(22)32)23-9-7-21(43-3)13-26(23)33/h4,6-9,11-13,15,24,27H,5,10,14,16H2,1-3H3,(H2,34,38)(H,35,36)(H,37,40)/t27-/m0/s1. The number of anilines is 2. The van der Waals surface area contributed by atoms with Crippen molar-refractivity contribution >= 4 is 17.5 Å². The summed E-state index contributed by atoms with van der Waals surface area (Å²) in [6.07, 6.45) is 2.48. The number of ether oxygens (including phenoxy) is 2. The SMILES string of the molecule is COc1ccc(C(CNc2ncc3n(c2=O)[C@H](C(=O)NCc2ccc(N)nc2C)CC3)c2ccc(OC)cc2F)c(F)c1. The fraction of sp³-hybridized carbons (Fsp3) is 0.290. The van der Waals surface area contributed by atoms with Gasteiger partial charge in [0, 0.05) is 48.7 Å². The summed E-state index contributed by atoms with van der Waals surface area (Å²) in [6.45, 7) is 1.98. The van der Waals surface area contributed by atoms with Gasteiger partial charge in [0.25, 0.3) is 5.56 Å². The largest absolute Gasteiger partial charge is 0.497 e. The molecule has 12 heteroatoms. The number of rotatable bonds is 10. The Morgan fingerprint density at radius 3 is 2.30 bits per heavy atom. The lowest BCUT2D eigenvalue weighted by Crippen LogP contribution is -2.36. The molecule has 4 aromatic rings. The van der Waals surface area contributed by atoms with Gasteiger partial charge in [0.1, 0.15) is 35.0 Å². The fourth-order valence-electron chi connectivity index (χ4n) is 5.33. The van der Waals surface area contributed by atoms with Gasteiger partial charge in [-0.1, -0.05) is 18.2 Å². The van der Waals surface area contributed by atoms with Crippen LogP contribution in [0.5, 0.6) is 11.5 Å². The van der Waals surface area contributed by atoms with Crippen LogP contribution in [0.15, 0.2) is 59.5 Å². The molecular formula is C31H32F2N6O4. The van der Waals surface area contributed by atoms with E-state index < -0.39 is 29.2 Å². The molecule has 3 heterocycles. The summed E-state index contributed by atoms with van der Waals surface area (Å²) in [4.78, 5) is 35.3. The van der Waals surface area contributed by atoms with Crippen molar-refractivity contribution in [1.82, 2.24) is 19.9 Å². The quantitative estimate of drug-likeness (QED) is 0.254. The van der Waals surface area contributed by atoms with Gasteiger partial charge in [0.15, 0.2) is 5.82 Å². The van der Waals surface area contributed by atoms with Crippen molar-refractivity contribution in [2.45, 2.75) is 38.3 Å². The number of carbonyl (C=O) groups is 1. The third-order valence-electron chi connectivity index (χ3n) is 7.67. The average molecular weight is 591 g/mol. The van der Waals surface area contributed by atoms with Crippen LogP contribution in [0.25, 0.3) is 0 Å². The molecule has 0 fully saturated rings. The van der Waals surface area contributed by atoms with Crippen molar-refractivity contribution < 1.29 is 23.0 Å². The summed E-state index contributed by atoms with van der Waals surface area (Å²) in [6, 6.07) is 11.4. The van der Waals surface area contributed by atoms with Crippen molar-refractivity contribution in [2.75, 3.05) is 31.8 Å². The first-order valence-electron chi connectivity index (χ1n) is 13.7. The molecule has 0 saturated carbocycles. The van der Waals surface area contributed by atoms with Gasteiger partial charge in [-0.25, -0.2) is 18.7 Å². The molecule has 2 aromatic carbocycles. The summed E-state index contributed by atoms with van der Waals surface area (Å²) in [5.41, 5.74) is 7.76. The number of hydrogen-bond donors (Lipinski definition) is 3. The molecule has 0 radical (unpaired) electrons. The number of benzene rings is 2. The number of amides is 1. The van der Waals surface area contributed by atoms with Gasteiger partial charge < -0.3 is 25.8 Å². The van der Waals surface area contributed by atoms with Crippen LogP contribution >= 0.6 is 0 Å². The van der Waals surface area contributed by atoms with E-state index in [0.29, 0.717) is 41.5 Å². The van der Waals surface area contributed by atoms with Crippen molar-refractivity contribution in [3.05, 3.63) is 105 Å². The predicted octanol–water partition coefficient (Wildman–Crippen LogP) is 3.87. The van der Waals surface area contributed by atoms with Crippen LogP contribution in [0.2, 0.25) is 0 Å². The van der Waals surface area contributed by atoms with E-state index in [-0.39, 0.29) is 35.9 Å². The first-order valence-corrected chi connectivity index (χ1v) is 13.7. The molecule has 0 saturated heterocycles. The van der Waals surface area contributed by atoms with Crippen molar-refractivity contribution in [2.24, 2.45) is 0 Å². The van der Waals surface area contributed by atoms with Gasteiger partial charge in [-0.2, -0.15) is 0 Å². The lowest BCUT2D eigenvalue weighted by Gasteiger charge is -2.21. The normalized spacial score (nSPS) is 14.0. The number of fused-ring (bicyclic) bond motifs is 1. The van der Waals surface area contributed by atoms with Crippen molar-refractivity contribution in [1.29, 1.82) is 0 Å². The molecule has 43 heavy (non-hydrogen) atoms.